The first-order chi connectivity index (χ1) is 13.5. The molecule has 2 heterocycles. The minimum Gasteiger partial charge on any atom is -0.493 e. The van der Waals surface area contributed by atoms with Crippen LogP contribution in [-0.2, 0) is 26.2 Å². The highest BCUT2D eigenvalue weighted by Crippen LogP contribution is 2.64. The van der Waals surface area contributed by atoms with Crippen LogP contribution in [-0.4, -0.2) is 56.1 Å². The van der Waals surface area contributed by atoms with Crippen LogP contribution in [0.1, 0.15) is 37.3 Å². The van der Waals surface area contributed by atoms with Crippen molar-refractivity contribution in [3.63, 3.8) is 0 Å². The number of hydrogen-bond donors (Lipinski definition) is 0. The number of methoxy groups -OCH3 is 1. The second-order valence-electron chi connectivity index (χ2n) is 8.64. The average Bonchev–Trinajstić information content (AvgIpc) is 3.02. The number of ether oxygens (including phenoxy) is 3. The molecule has 4 aliphatic rings. The second-order valence-corrected chi connectivity index (χ2v) is 8.64. The molecule has 2 fully saturated rings. The molecule has 2 aliphatic heterocycles. The first kappa shape index (κ1) is 18.0. The molecule has 0 N–H and O–H groups in total. The highest BCUT2D eigenvalue weighted by atomic mass is 16.5. The Morgan fingerprint density at radius 2 is 2.18 bits per heavy atom. The van der Waals surface area contributed by atoms with Gasteiger partial charge in [0.2, 0.25) is 0 Å². The summed E-state index contributed by atoms with van der Waals surface area (Å²) in [6.07, 6.45) is 2.01. The van der Waals surface area contributed by atoms with Gasteiger partial charge in [-0.15, -0.1) is 0 Å². The zero-order valence-electron chi connectivity index (χ0n) is 16.7. The molecule has 6 heteroatoms. The van der Waals surface area contributed by atoms with E-state index in [1.165, 1.54) is 11.1 Å². The van der Waals surface area contributed by atoms with Crippen molar-refractivity contribution in [2.45, 2.75) is 50.2 Å². The van der Waals surface area contributed by atoms with Crippen molar-refractivity contribution in [1.29, 1.82) is 0 Å². The van der Waals surface area contributed by atoms with E-state index >= 15 is 0 Å². The average molecular weight is 385 g/mol. The van der Waals surface area contributed by atoms with Crippen LogP contribution in [0, 0.1) is 11.8 Å². The zero-order valence-corrected chi connectivity index (χ0v) is 16.7. The molecule has 1 saturated carbocycles. The minimum absolute atomic E-state index is 0.00977. The van der Waals surface area contributed by atoms with E-state index in [0.717, 1.165) is 25.1 Å². The fraction of sp³-hybridized carbons (Fsp3) is 0.636. The summed E-state index contributed by atoms with van der Waals surface area (Å²) in [4.78, 5) is 28.0. The fourth-order valence-corrected chi connectivity index (χ4v) is 6.55. The third-order valence-corrected chi connectivity index (χ3v) is 7.48. The molecule has 3 unspecified atom stereocenters. The molecule has 6 nitrogen and oxygen atoms in total. The van der Waals surface area contributed by atoms with Gasteiger partial charge in [-0.05, 0) is 56.8 Å². The number of esters is 1. The molecule has 0 aromatic heterocycles. The summed E-state index contributed by atoms with van der Waals surface area (Å²) < 4.78 is 17.1. The van der Waals surface area contributed by atoms with Gasteiger partial charge in [0.05, 0.1) is 13.7 Å². The van der Waals surface area contributed by atoms with E-state index in [4.69, 9.17) is 14.2 Å². The van der Waals surface area contributed by atoms with Crippen molar-refractivity contribution in [3.8, 4) is 11.5 Å². The van der Waals surface area contributed by atoms with Crippen LogP contribution in [0.2, 0.25) is 0 Å². The van der Waals surface area contributed by atoms with Gasteiger partial charge in [-0.3, -0.25) is 9.59 Å². The van der Waals surface area contributed by atoms with Gasteiger partial charge in [-0.25, -0.2) is 0 Å². The molecule has 1 aromatic carbocycles. The standard InChI is InChI=1S/C22H27NO5/c1-4-27-17(25)11-13-10-15(24)21-22-7-8-23(2)14(18(13)22)9-12-5-6-16(26-3)20(28-21)19(12)22/h5-6,13-14,18,21H,4,7-11H2,1-3H3/t13-,14?,18?,21+,22?/m1/s1. The molecule has 0 amide bonds. The summed E-state index contributed by atoms with van der Waals surface area (Å²) in [5.41, 5.74) is 2.09. The molecule has 1 saturated heterocycles. The summed E-state index contributed by atoms with van der Waals surface area (Å²) in [5, 5.41) is 0. The number of likely N-dealkylation sites (N-methyl/N-ethyl adjacent to an activating group) is 1. The molecule has 2 bridgehead atoms. The summed E-state index contributed by atoms with van der Waals surface area (Å²) in [5.74, 6) is 1.56. The topological polar surface area (TPSA) is 65.1 Å². The SMILES string of the molecule is CCOC(=O)C[C@H]1CC(=O)[C@@H]2Oc3c(OC)ccc4c3C23CCN(C)C(C4)C13. The Morgan fingerprint density at radius 3 is 2.93 bits per heavy atom. The van der Waals surface area contributed by atoms with Crippen molar-refractivity contribution in [3.05, 3.63) is 23.3 Å². The number of piperidine rings is 1. The van der Waals surface area contributed by atoms with E-state index in [2.05, 4.69) is 18.0 Å². The molecule has 5 atom stereocenters. The summed E-state index contributed by atoms with van der Waals surface area (Å²) in [6.45, 7) is 3.12. The fourth-order valence-electron chi connectivity index (χ4n) is 6.55. The first-order valence-corrected chi connectivity index (χ1v) is 10.3. The normalized spacial score (nSPS) is 35.2. The van der Waals surface area contributed by atoms with Crippen LogP contribution in [0.25, 0.3) is 0 Å². The van der Waals surface area contributed by atoms with Gasteiger partial charge in [0.15, 0.2) is 23.4 Å². The lowest BCUT2D eigenvalue weighted by Crippen LogP contribution is -2.68. The van der Waals surface area contributed by atoms with Crippen LogP contribution >= 0.6 is 0 Å². The van der Waals surface area contributed by atoms with E-state index in [-0.39, 0.29) is 29.0 Å². The number of likely N-dealkylation sites (tertiary alicyclic amines) is 1. The Bertz CT molecular complexity index is 852. The van der Waals surface area contributed by atoms with Gasteiger partial charge < -0.3 is 19.1 Å². The molecular formula is C22H27NO5. The van der Waals surface area contributed by atoms with Crippen LogP contribution in [0.5, 0.6) is 11.5 Å². The van der Waals surface area contributed by atoms with Crippen molar-refractivity contribution in [1.82, 2.24) is 4.90 Å². The number of rotatable bonds is 4. The molecule has 1 aromatic rings. The van der Waals surface area contributed by atoms with Crippen LogP contribution < -0.4 is 9.47 Å². The van der Waals surface area contributed by atoms with Gasteiger partial charge in [-0.2, -0.15) is 0 Å². The van der Waals surface area contributed by atoms with Crippen molar-refractivity contribution >= 4 is 11.8 Å². The largest absolute Gasteiger partial charge is 0.493 e. The predicted molar refractivity (Wildman–Crippen MR) is 102 cm³/mol. The lowest BCUT2D eigenvalue weighted by molar-refractivity contribution is -0.152. The van der Waals surface area contributed by atoms with Crippen molar-refractivity contribution in [2.75, 3.05) is 27.3 Å². The number of benzene rings is 1. The Hall–Kier alpha value is -2.08. The highest BCUT2D eigenvalue weighted by Gasteiger charge is 2.68. The van der Waals surface area contributed by atoms with Gasteiger partial charge >= 0.3 is 5.97 Å². The summed E-state index contributed by atoms with van der Waals surface area (Å²) >= 11 is 0. The van der Waals surface area contributed by atoms with Crippen molar-refractivity contribution in [2.24, 2.45) is 11.8 Å². The van der Waals surface area contributed by atoms with Gasteiger partial charge in [0, 0.05) is 29.9 Å². The smallest absolute Gasteiger partial charge is 0.306 e. The summed E-state index contributed by atoms with van der Waals surface area (Å²) in [7, 11) is 3.81. The van der Waals surface area contributed by atoms with E-state index < -0.39 is 6.10 Å². The second kappa shape index (κ2) is 6.21. The van der Waals surface area contributed by atoms with E-state index in [1.807, 2.05) is 13.0 Å². The van der Waals surface area contributed by atoms with Gasteiger partial charge in [-0.1, -0.05) is 6.07 Å². The molecule has 150 valence electrons. The van der Waals surface area contributed by atoms with Gasteiger partial charge in [0.25, 0.3) is 0 Å². The molecule has 28 heavy (non-hydrogen) atoms. The lowest BCUT2D eigenvalue weighted by Gasteiger charge is -2.59. The maximum atomic E-state index is 13.2. The molecule has 1 spiro atoms. The van der Waals surface area contributed by atoms with Crippen LogP contribution in [0.15, 0.2) is 12.1 Å². The Morgan fingerprint density at radius 1 is 1.36 bits per heavy atom. The summed E-state index contributed by atoms with van der Waals surface area (Å²) in [6, 6.07) is 4.39. The number of ketones is 1. The molecular weight excluding hydrogens is 358 g/mol. The van der Waals surface area contributed by atoms with E-state index in [0.29, 0.717) is 31.2 Å². The van der Waals surface area contributed by atoms with Crippen molar-refractivity contribution < 1.29 is 23.8 Å². The van der Waals surface area contributed by atoms with Crippen LogP contribution in [0.3, 0.4) is 0 Å². The minimum atomic E-state index is -0.461. The number of hydrogen-bond acceptors (Lipinski definition) is 6. The predicted octanol–water partition coefficient (Wildman–Crippen LogP) is 2.11. The Kier molecular flexibility index (Phi) is 3.99. The number of carbonyl (C=O) groups is 2. The molecule has 2 aliphatic carbocycles. The third-order valence-electron chi connectivity index (χ3n) is 7.48. The lowest BCUT2D eigenvalue weighted by atomic mass is 9.48. The first-order valence-electron chi connectivity index (χ1n) is 10.3. The Balaban J connectivity index is 1.67. The highest BCUT2D eigenvalue weighted by molar-refractivity contribution is 5.90. The zero-order chi connectivity index (χ0) is 19.6. The number of nitrogens with zero attached hydrogens (tertiary/aromatic N) is 1. The Labute approximate surface area is 165 Å². The monoisotopic (exact) mass is 385 g/mol. The van der Waals surface area contributed by atoms with Gasteiger partial charge in [0.1, 0.15) is 0 Å². The quantitative estimate of drug-likeness (QED) is 0.740. The number of Topliss-reactive ketones (excluding diaryl/α,β-unsaturated/α-hetero) is 1. The third kappa shape index (κ3) is 2.18. The molecule has 0 radical (unpaired) electrons. The van der Waals surface area contributed by atoms with E-state index in [1.54, 1.807) is 7.11 Å². The van der Waals surface area contributed by atoms with E-state index in [9.17, 15) is 9.59 Å². The molecule has 5 rings (SSSR count). The van der Waals surface area contributed by atoms with Crippen LogP contribution in [0.4, 0.5) is 0 Å². The number of carbonyl (C=O) groups excluding carboxylic acids is 2. The maximum Gasteiger partial charge on any atom is 0.306 e. The maximum absolute atomic E-state index is 13.2.